The zero-order chi connectivity index (χ0) is 20.1. The highest BCUT2D eigenvalue weighted by molar-refractivity contribution is 6.00. The van der Waals surface area contributed by atoms with Crippen molar-refractivity contribution in [2.45, 2.75) is 13.3 Å². The van der Waals surface area contributed by atoms with Gasteiger partial charge in [0.15, 0.2) is 0 Å². The first-order chi connectivity index (χ1) is 14.2. The second kappa shape index (κ2) is 8.39. The minimum absolute atomic E-state index is 0.307. The van der Waals surface area contributed by atoms with Gasteiger partial charge in [-0.15, -0.1) is 10.2 Å². The number of carbonyl (C=O) groups is 1. The summed E-state index contributed by atoms with van der Waals surface area (Å²) in [7, 11) is 0. The number of aromatic nitrogens is 2. The molecular formula is C23H20N4O2. The van der Waals surface area contributed by atoms with Gasteiger partial charge in [0.25, 0.3) is 0 Å². The average molecular weight is 384 g/mol. The van der Waals surface area contributed by atoms with Gasteiger partial charge < -0.3 is 15.1 Å². The Morgan fingerprint density at radius 1 is 0.828 bits per heavy atom. The zero-order valence-corrected chi connectivity index (χ0v) is 15.9. The Kier molecular flexibility index (Phi) is 5.33. The molecule has 0 spiro atoms. The Morgan fingerprint density at radius 3 is 2.31 bits per heavy atom. The number of anilines is 2. The molecule has 0 saturated heterocycles. The molecule has 0 saturated carbocycles. The highest BCUT2D eigenvalue weighted by Gasteiger charge is 2.12. The van der Waals surface area contributed by atoms with Crippen LogP contribution in [0.1, 0.15) is 12.5 Å². The van der Waals surface area contributed by atoms with Gasteiger partial charge in [0.2, 0.25) is 11.8 Å². The molecule has 0 radical (unpaired) electrons. The summed E-state index contributed by atoms with van der Waals surface area (Å²) in [4.78, 5) is 12.4. The Morgan fingerprint density at radius 2 is 1.52 bits per heavy atom. The minimum Gasteiger partial charge on any atom is -0.416 e. The first kappa shape index (κ1) is 18.4. The van der Waals surface area contributed by atoms with E-state index in [0.717, 1.165) is 28.8 Å². The Labute approximate surface area is 168 Å². The molecule has 0 bridgehead atoms. The molecular weight excluding hydrogens is 364 g/mol. The summed E-state index contributed by atoms with van der Waals surface area (Å²) in [5.41, 5.74) is 4.10. The van der Waals surface area contributed by atoms with Crippen molar-refractivity contribution < 1.29 is 9.21 Å². The van der Waals surface area contributed by atoms with Gasteiger partial charge in [-0.1, -0.05) is 49.4 Å². The van der Waals surface area contributed by atoms with E-state index in [1.807, 2.05) is 72.8 Å². The molecule has 144 valence electrons. The van der Waals surface area contributed by atoms with Crippen LogP contribution in [-0.4, -0.2) is 16.2 Å². The van der Waals surface area contributed by atoms with Gasteiger partial charge in [-0.05, 0) is 48.4 Å². The molecule has 0 aliphatic rings. The van der Waals surface area contributed by atoms with Gasteiger partial charge in [0, 0.05) is 22.5 Å². The number of benzene rings is 3. The molecule has 0 aliphatic heterocycles. The normalized spacial score (nSPS) is 10.5. The third-order valence-electron chi connectivity index (χ3n) is 4.46. The standard InChI is InChI=1S/C23H20N4O2/c1-2-16-9-6-7-14-20(16)25-23(28)24-19-13-8-12-18(15-19)22-27-26-21(29-22)17-10-4-3-5-11-17/h3-15H,2H2,1H3,(H2,24,25,28). The number of hydrogen-bond donors (Lipinski definition) is 2. The van der Waals surface area contributed by atoms with Crippen LogP contribution < -0.4 is 10.6 Å². The number of rotatable bonds is 5. The van der Waals surface area contributed by atoms with Crippen LogP contribution in [0.4, 0.5) is 16.2 Å². The predicted molar refractivity (Wildman–Crippen MR) is 114 cm³/mol. The van der Waals surface area contributed by atoms with E-state index in [9.17, 15) is 4.79 Å². The topological polar surface area (TPSA) is 80.0 Å². The molecule has 6 heteroatoms. The largest absolute Gasteiger partial charge is 0.416 e. The highest BCUT2D eigenvalue weighted by atomic mass is 16.4. The van der Waals surface area contributed by atoms with E-state index in [1.54, 1.807) is 6.07 Å². The number of carbonyl (C=O) groups excluding carboxylic acids is 1. The molecule has 0 fully saturated rings. The number of amides is 2. The van der Waals surface area contributed by atoms with E-state index in [1.165, 1.54) is 0 Å². The molecule has 1 heterocycles. The van der Waals surface area contributed by atoms with Crippen molar-refractivity contribution in [2.24, 2.45) is 0 Å². The number of aryl methyl sites for hydroxylation is 1. The Hall–Kier alpha value is -3.93. The number of urea groups is 1. The minimum atomic E-state index is -0.307. The molecule has 29 heavy (non-hydrogen) atoms. The third-order valence-corrected chi connectivity index (χ3v) is 4.46. The van der Waals surface area contributed by atoms with Crippen LogP contribution in [0.5, 0.6) is 0 Å². The maximum atomic E-state index is 12.4. The summed E-state index contributed by atoms with van der Waals surface area (Å²) in [6.45, 7) is 2.05. The molecule has 3 aromatic carbocycles. The first-order valence-corrected chi connectivity index (χ1v) is 9.38. The number of hydrogen-bond acceptors (Lipinski definition) is 4. The van der Waals surface area contributed by atoms with E-state index < -0.39 is 0 Å². The summed E-state index contributed by atoms with van der Waals surface area (Å²) in [6, 6.07) is 24.3. The van der Waals surface area contributed by atoms with Crippen molar-refractivity contribution in [3.8, 4) is 22.9 Å². The lowest BCUT2D eigenvalue weighted by Gasteiger charge is -2.11. The summed E-state index contributed by atoms with van der Waals surface area (Å²) < 4.78 is 5.79. The van der Waals surface area contributed by atoms with E-state index in [2.05, 4.69) is 27.8 Å². The van der Waals surface area contributed by atoms with Gasteiger partial charge in [-0.3, -0.25) is 0 Å². The van der Waals surface area contributed by atoms with Gasteiger partial charge in [0.1, 0.15) is 0 Å². The van der Waals surface area contributed by atoms with Gasteiger partial charge >= 0.3 is 6.03 Å². The van der Waals surface area contributed by atoms with E-state index in [0.29, 0.717) is 17.5 Å². The quantitative estimate of drug-likeness (QED) is 0.469. The molecule has 4 aromatic rings. The summed E-state index contributed by atoms with van der Waals surface area (Å²) in [6.07, 6.45) is 0.840. The van der Waals surface area contributed by atoms with Gasteiger partial charge in [0.05, 0.1) is 0 Å². The lowest BCUT2D eigenvalue weighted by Crippen LogP contribution is -2.20. The average Bonchev–Trinajstić information content (AvgIpc) is 3.25. The number of para-hydroxylation sites is 1. The first-order valence-electron chi connectivity index (χ1n) is 9.38. The molecule has 0 unspecified atom stereocenters. The predicted octanol–water partition coefficient (Wildman–Crippen LogP) is 5.61. The zero-order valence-electron chi connectivity index (χ0n) is 15.9. The Balaban J connectivity index is 1.49. The maximum absolute atomic E-state index is 12.4. The number of nitrogens with one attached hydrogen (secondary N) is 2. The van der Waals surface area contributed by atoms with Crippen molar-refractivity contribution in [3.05, 3.63) is 84.4 Å². The van der Waals surface area contributed by atoms with Crippen LogP contribution in [0.25, 0.3) is 22.9 Å². The van der Waals surface area contributed by atoms with Crippen LogP contribution in [0.2, 0.25) is 0 Å². The van der Waals surface area contributed by atoms with Crippen molar-refractivity contribution in [2.75, 3.05) is 10.6 Å². The molecule has 4 rings (SSSR count). The lowest BCUT2D eigenvalue weighted by atomic mass is 10.1. The van der Waals surface area contributed by atoms with E-state index in [-0.39, 0.29) is 6.03 Å². The maximum Gasteiger partial charge on any atom is 0.323 e. The second-order valence-electron chi connectivity index (χ2n) is 6.45. The fraction of sp³-hybridized carbons (Fsp3) is 0.0870. The van der Waals surface area contributed by atoms with Crippen LogP contribution >= 0.6 is 0 Å². The van der Waals surface area contributed by atoms with Crippen LogP contribution in [0, 0.1) is 0 Å². The number of nitrogens with zero attached hydrogens (tertiary/aromatic N) is 2. The summed E-state index contributed by atoms with van der Waals surface area (Å²) >= 11 is 0. The van der Waals surface area contributed by atoms with Crippen molar-refractivity contribution in [1.29, 1.82) is 0 Å². The molecule has 2 amide bonds. The SMILES string of the molecule is CCc1ccccc1NC(=O)Nc1cccc(-c2nnc(-c3ccccc3)o2)c1. The second-order valence-corrected chi connectivity index (χ2v) is 6.45. The van der Waals surface area contributed by atoms with E-state index >= 15 is 0 Å². The Bertz CT molecular complexity index is 1120. The van der Waals surface area contributed by atoms with Crippen LogP contribution in [0.3, 0.4) is 0 Å². The van der Waals surface area contributed by atoms with Crippen molar-refractivity contribution >= 4 is 17.4 Å². The molecule has 0 aliphatic carbocycles. The van der Waals surface area contributed by atoms with Gasteiger partial charge in [-0.25, -0.2) is 4.79 Å². The molecule has 2 N–H and O–H groups in total. The smallest absolute Gasteiger partial charge is 0.323 e. The van der Waals surface area contributed by atoms with Gasteiger partial charge in [-0.2, -0.15) is 0 Å². The van der Waals surface area contributed by atoms with Crippen LogP contribution in [-0.2, 0) is 6.42 Å². The lowest BCUT2D eigenvalue weighted by molar-refractivity contribution is 0.262. The highest BCUT2D eigenvalue weighted by Crippen LogP contribution is 2.25. The summed E-state index contributed by atoms with van der Waals surface area (Å²) in [5, 5.41) is 14.0. The molecule has 1 aromatic heterocycles. The fourth-order valence-electron chi connectivity index (χ4n) is 3.00. The molecule has 0 atom stereocenters. The molecule has 6 nitrogen and oxygen atoms in total. The van der Waals surface area contributed by atoms with Crippen molar-refractivity contribution in [1.82, 2.24) is 10.2 Å². The van der Waals surface area contributed by atoms with E-state index in [4.69, 9.17) is 4.42 Å². The monoisotopic (exact) mass is 384 g/mol. The fourth-order valence-corrected chi connectivity index (χ4v) is 3.00. The van der Waals surface area contributed by atoms with Crippen molar-refractivity contribution in [3.63, 3.8) is 0 Å². The summed E-state index contributed by atoms with van der Waals surface area (Å²) in [5.74, 6) is 0.845. The van der Waals surface area contributed by atoms with Crippen LogP contribution in [0.15, 0.2) is 83.3 Å². The third kappa shape index (κ3) is 4.32.